The van der Waals surface area contributed by atoms with Crippen molar-refractivity contribution in [3.05, 3.63) is 70.3 Å². The lowest BCUT2D eigenvalue weighted by Crippen LogP contribution is -2.17. The molecule has 2 aromatic rings. The van der Waals surface area contributed by atoms with Gasteiger partial charge in [0.15, 0.2) is 5.78 Å². The van der Waals surface area contributed by atoms with Gasteiger partial charge in [0.25, 0.3) is 0 Å². The highest BCUT2D eigenvalue weighted by molar-refractivity contribution is 6.15. The van der Waals surface area contributed by atoms with Crippen molar-refractivity contribution in [1.29, 1.82) is 0 Å². The summed E-state index contributed by atoms with van der Waals surface area (Å²) in [5.74, 6) is -0.763. The van der Waals surface area contributed by atoms with Crippen molar-refractivity contribution in [2.24, 2.45) is 5.73 Å². The first-order valence-electron chi connectivity index (χ1n) is 6.01. The largest absolute Gasteiger partial charge is 0.366 e. The molecule has 0 aliphatic heterocycles. The van der Waals surface area contributed by atoms with Crippen LogP contribution in [0.3, 0.4) is 0 Å². The van der Waals surface area contributed by atoms with E-state index in [4.69, 9.17) is 5.73 Å². The van der Waals surface area contributed by atoms with Gasteiger partial charge in [-0.25, -0.2) is 0 Å². The van der Waals surface area contributed by atoms with Crippen LogP contribution in [-0.4, -0.2) is 11.7 Å². The molecule has 0 radical (unpaired) electrons. The van der Waals surface area contributed by atoms with Crippen LogP contribution in [0.4, 0.5) is 0 Å². The van der Waals surface area contributed by atoms with Gasteiger partial charge >= 0.3 is 0 Å². The van der Waals surface area contributed by atoms with E-state index < -0.39 is 5.91 Å². The minimum Gasteiger partial charge on any atom is -0.366 e. The number of carbonyl (C=O) groups excluding carboxylic acids is 2. The first-order valence-corrected chi connectivity index (χ1v) is 6.01. The molecule has 2 aromatic carbocycles. The highest BCUT2D eigenvalue weighted by atomic mass is 16.1. The Labute approximate surface area is 112 Å². The molecule has 2 N–H and O–H groups in total. The van der Waals surface area contributed by atoms with Gasteiger partial charge in [0, 0.05) is 11.1 Å². The second-order valence-electron chi connectivity index (χ2n) is 4.56. The highest BCUT2D eigenvalue weighted by Gasteiger charge is 2.17. The van der Waals surface area contributed by atoms with Gasteiger partial charge in [-0.15, -0.1) is 0 Å². The maximum atomic E-state index is 12.5. The minimum absolute atomic E-state index is 0.174. The number of nitrogens with two attached hydrogens (primary N) is 1. The quantitative estimate of drug-likeness (QED) is 0.855. The maximum absolute atomic E-state index is 12.5. The molecule has 96 valence electrons. The molecule has 0 saturated heterocycles. The number of rotatable bonds is 3. The summed E-state index contributed by atoms with van der Waals surface area (Å²) < 4.78 is 0. The lowest BCUT2D eigenvalue weighted by atomic mass is 9.94. The van der Waals surface area contributed by atoms with E-state index in [-0.39, 0.29) is 11.3 Å². The van der Waals surface area contributed by atoms with Crippen LogP contribution in [0.2, 0.25) is 0 Å². The van der Waals surface area contributed by atoms with Gasteiger partial charge in [-0.2, -0.15) is 0 Å². The number of ketones is 1. The maximum Gasteiger partial charge on any atom is 0.249 e. The van der Waals surface area contributed by atoms with Crippen molar-refractivity contribution >= 4 is 11.7 Å². The molecule has 0 saturated carbocycles. The summed E-state index contributed by atoms with van der Waals surface area (Å²) in [7, 11) is 0. The summed E-state index contributed by atoms with van der Waals surface area (Å²) in [6.07, 6.45) is 0. The third-order valence-electron chi connectivity index (χ3n) is 3.06. The lowest BCUT2D eigenvalue weighted by Gasteiger charge is -2.08. The summed E-state index contributed by atoms with van der Waals surface area (Å²) in [6.45, 7) is 3.85. The molecule has 0 fully saturated rings. The predicted molar refractivity (Wildman–Crippen MR) is 74.3 cm³/mol. The minimum atomic E-state index is -0.589. The van der Waals surface area contributed by atoms with Gasteiger partial charge in [-0.3, -0.25) is 9.59 Å². The second kappa shape index (κ2) is 5.06. The number of aryl methyl sites for hydroxylation is 2. The Balaban J connectivity index is 2.53. The third-order valence-corrected chi connectivity index (χ3v) is 3.06. The first kappa shape index (κ1) is 13.0. The fourth-order valence-electron chi connectivity index (χ4n) is 2.11. The van der Waals surface area contributed by atoms with Crippen molar-refractivity contribution < 1.29 is 9.59 Å². The number of hydrogen-bond acceptors (Lipinski definition) is 2. The van der Waals surface area contributed by atoms with Crippen molar-refractivity contribution in [2.45, 2.75) is 13.8 Å². The molecule has 0 aliphatic carbocycles. The molecular formula is C16H15NO2. The molecule has 1 amide bonds. The fraction of sp³-hybridized carbons (Fsp3) is 0.125. The average Bonchev–Trinajstić information content (AvgIpc) is 2.38. The molecule has 0 heterocycles. The van der Waals surface area contributed by atoms with E-state index in [0.717, 1.165) is 11.1 Å². The molecule has 0 unspecified atom stereocenters. The van der Waals surface area contributed by atoms with Crippen molar-refractivity contribution in [3.8, 4) is 0 Å². The van der Waals surface area contributed by atoms with Gasteiger partial charge in [0.2, 0.25) is 5.91 Å². The summed E-state index contributed by atoms with van der Waals surface area (Å²) in [5.41, 5.74) is 8.49. The Morgan fingerprint density at radius 3 is 2.11 bits per heavy atom. The number of benzene rings is 2. The topological polar surface area (TPSA) is 60.2 Å². The van der Waals surface area contributed by atoms with Crippen LogP contribution >= 0.6 is 0 Å². The number of hydrogen-bond donors (Lipinski definition) is 1. The number of carbonyl (C=O) groups is 2. The predicted octanol–water partition coefficient (Wildman–Crippen LogP) is 2.63. The van der Waals surface area contributed by atoms with Crippen LogP contribution in [0.15, 0.2) is 42.5 Å². The summed E-state index contributed by atoms with van der Waals surface area (Å²) >= 11 is 0. The molecule has 0 bridgehead atoms. The molecule has 19 heavy (non-hydrogen) atoms. The molecule has 3 nitrogen and oxygen atoms in total. The van der Waals surface area contributed by atoms with Crippen LogP contribution in [0.25, 0.3) is 0 Å². The van der Waals surface area contributed by atoms with Crippen molar-refractivity contribution in [1.82, 2.24) is 0 Å². The van der Waals surface area contributed by atoms with Gasteiger partial charge in [0.05, 0.1) is 5.56 Å². The van der Waals surface area contributed by atoms with E-state index in [1.54, 1.807) is 30.3 Å². The van der Waals surface area contributed by atoms with E-state index in [0.29, 0.717) is 11.1 Å². The lowest BCUT2D eigenvalue weighted by molar-refractivity contribution is 0.0981. The Bertz CT molecular complexity index is 660. The van der Waals surface area contributed by atoms with Crippen LogP contribution in [0.1, 0.15) is 37.4 Å². The normalized spacial score (nSPS) is 10.2. The standard InChI is InChI=1S/C16H15NO2/c1-10-7-8-12(11(2)9-10)15(18)13-5-3-4-6-14(13)16(17)19/h3-9H,1-2H3,(H2,17,19). The van der Waals surface area contributed by atoms with E-state index in [1.807, 2.05) is 26.0 Å². The Hall–Kier alpha value is -2.42. The van der Waals surface area contributed by atoms with Gasteiger partial charge in [0.1, 0.15) is 0 Å². The average molecular weight is 253 g/mol. The smallest absolute Gasteiger partial charge is 0.249 e. The Kier molecular flexibility index (Phi) is 3.47. The highest BCUT2D eigenvalue weighted by Crippen LogP contribution is 2.18. The second-order valence-corrected chi connectivity index (χ2v) is 4.56. The van der Waals surface area contributed by atoms with Gasteiger partial charge in [-0.05, 0) is 25.5 Å². The molecule has 0 spiro atoms. The Morgan fingerprint density at radius 2 is 1.53 bits per heavy atom. The summed E-state index contributed by atoms with van der Waals surface area (Å²) in [6, 6.07) is 12.2. The summed E-state index contributed by atoms with van der Waals surface area (Å²) in [4.78, 5) is 23.9. The zero-order chi connectivity index (χ0) is 14.0. The zero-order valence-electron chi connectivity index (χ0n) is 10.9. The zero-order valence-corrected chi connectivity index (χ0v) is 10.9. The molecular weight excluding hydrogens is 238 g/mol. The molecule has 0 aromatic heterocycles. The molecule has 0 aliphatic rings. The van der Waals surface area contributed by atoms with Crippen LogP contribution < -0.4 is 5.73 Å². The van der Waals surface area contributed by atoms with E-state index in [2.05, 4.69) is 0 Å². The molecule has 0 atom stereocenters. The van der Waals surface area contributed by atoms with Gasteiger partial charge in [-0.1, -0.05) is 42.0 Å². The van der Waals surface area contributed by atoms with Crippen molar-refractivity contribution in [2.75, 3.05) is 0 Å². The van der Waals surface area contributed by atoms with Crippen molar-refractivity contribution in [3.63, 3.8) is 0 Å². The van der Waals surface area contributed by atoms with Crippen LogP contribution in [-0.2, 0) is 0 Å². The number of amides is 1. The van der Waals surface area contributed by atoms with E-state index >= 15 is 0 Å². The molecule has 2 rings (SSSR count). The fourth-order valence-corrected chi connectivity index (χ4v) is 2.11. The van der Waals surface area contributed by atoms with Crippen LogP contribution in [0.5, 0.6) is 0 Å². The Morgan fingerprint density at radius 1 is 0.895 bits per heavy atom. The monoisotopic (exact) mass is 253 g/mol. The van der Waals surface area contributed by atoms with E-state index in [9.17, 15) is 9.59 Å². The first-order chi connectivity index (χ1) is 9.00. The molecule has 3 heteroatoms. The number of primary amides is 1. The summed E-state index contributed by atoms with van der Waals surface area (Å²) in [5, 5.41) is 0. The van der Waals surface area contributed by atoms with E-state index in [1.165, 1.54) is 0 Å². The third kappa shape index (κ3) is 2.55. The SMILES string of the molecule is Cc1ccc(C(=O)c2ccccc2C(N)=O)c(C)c1. The van der Waals surface area contributed by atoms with Gasteiger partial charge < -0.3 is 5.73 Å². The van der Waals surface area contributed by atoms with Crippen LogP contribution in [0, 0.1) is 13.8 Å².